The molecule has 0 aliphatic carbocycles. The fraction of sp³-hybridized carbons (Fsp3) is 0.600. The lowest BCUT2D eigenvalue weighted by atomic mass is 10.0. The minimum Gasteiger partial charge on any atom is -0.143 e. The molecule has 0 aliphatic heterocycles. The van der Waals surface area contributed by atoms with Gasteiger partial charge in [0.1, 0.15) is 0 Å². The summed E-state index contributed by atoms with van der Waals surface area (Å²) < 4.78 is 0. The molecule has 5 heteroatoms. The number of hydrogen-bond acceptors (Lipinski definition) is 5. The van der Waals surface area contributed by atoms with Crippen molar-refractivity contribution in [3.8, 4) is 39.0 Å². The molecule has 0 nitrogen and oxygen atoms in total. The normalized spacial score (nSPS) is 11.7. The lowest BCUT2D eigenvalue weighted by Crippen LogP contribution is -1.87. The van der Waals surface area contributed by atoms with Crippen molar-refractivity contribution >= 4 is 56.7 Å². The van der Waals surface area contributed by atoms with Gasteiger partial charge >= 0.3 is 0 Å². The summed E-state index contributed by atoms with van der Waals surface area (Å²) in [5.41, 5.74) is 7.92. The second-order valence-electron chi connectivity index (χ2n) is 16.0. The van der Waals surface area contributed by atoms with Gasteiger partial charge in [0, 0.05) is 39.0 Å². The fourth-order valence-corrected chi connectivity index (χ4v) is 14.0. The average Bonchev–Trinajstić information content (AvgIpc) is 4.04. The first-order valence-corrected chi connectivity index (χ1v) is 26.8. The van der Waals surface area contributed by atoms with Gasteiger partial charge in [-0.15, -0.1) is 56.7 Å². The van der Waals surface area contributed by atoms with Crippen molar-refractivity contribution < 1.29 is 0 Å². The molecule has 5 heterocycles. The number of unbranched alkanes of at least 4 members (excludes halogenated alkanes) is 15. The summed E-state index contributed by atoms with van der Waals surface area (Å²) >= 11 is 10.3. The molecule has 0 fully saturated rings. The largest absolute Gasteiger partial charge is 0.143 e. The molecule has 0 radical (unpaired) electrons. The van der Waals surface area contributed by atoms with Crippen molar-refractivity contribution in [2.75, 3.05) is 0 Å². The quantitative estimate of drug-likeness (QED) is 0.0421. The van der Waals surface area contributed by atoms with Crippen molar-refractivity contribution in [1.82, 2.24) is 0 Å². The summed E-state index contributed by atoms with van der Waals surface area (Å²) in [6.45, 7) is 11.6. The molecule has 0 bridgehead atoms. The van der Waals surface area contributed by atoms with Crippen LogP contribution in [0.4, 0.5) is 0 Å². The summed E-state index contributed by atoms with van der Waals surface area (Å²) in [6.07, 6.45) is 32.5. The maximum Gasteiger partial charge on any atom is 0.0481 e. The maximum atomic E-state index is 2.65. The molecule has 0 aliphatic rings. The first-order valence-electron chi connectivity index (χ1n) is 22.6. The molecule has 5 rings (SSSR count). The maximum absolute atomic E-state index is 2.65. The minimum absolute atomic E-state index is 1.20. The third-order valence-corrected chi connectivity index (χ3v) is 17.4. The van der Waals surface area contributed by atoms with E-state index in [1.54, 1.807) is 42.4 Å². The Balaban J connectivity index is 1.52. The average molecular weight is 833 g/mol. The molecule has 0 amide bonds. The lowest BCUT2D eigenvalue weighted by Gasteiger charge is -2.02. The highest BCUT2D eigenvalue weighted by molar-refractivity contribution is 7.29. The summed E-state index contributed by atoms with van der Waals surface area (Å²) in [6, 6.07) is 12.9. The number of thiophene rings is 5. The van der Waals surface area contributed by atoms with E-state index in [0.29, 0.717) is 0 Å². The van der Waals surface area contributed by atoms with Gasteiger partial charge in [-0.1, -0.05) is 131 Å². The molecule has 0 spiro atoms. The Hall–Kier alpha value is -1.50. The van der Waals surface area contributed by atoms with E-state index >= 15 is 0 Å². The number of rotatable bonds is 29. The van der Waals surface area contributed by atoms with Gasteiger partial charge in [0.25, 0.3) is 0 Å². The van der Waals surface area contributed by atoms with E-state index in [2.05, 4.69) is 110 Å². The molecular weight excluding hydrogens is 761 g/mol. The molecule has 0 aromatic carbocycles. The minimum atomic E-state index is 1.20. The lowest BCUT2D eigenvalue weighted by molar-refractivity contribution is 0.667. The molecule has 5 aromatic rings. The Morgan fingerprint density at radius 1 is 0.345 bits per heavy atom. The molecular formula is C50H72S5. The second-order valence-corrected chi connectivity index (χ2v) is 21.0. The highest BCUT2D eigenvalue weighted by Crippen LogP contribution is 2.50. The smallest absolute Gasteiger partial charge is 0.0481 e. The molecule has 0 saturated carbocycles. The van der Waals surface area contributed by atoms with Gasteiger partial charge in [0.15, 0.2) is 0 Å². The van der Waals surface area contributed by atoms with E-state index in [0.717, 1.165) is 0 Å². The SMILES string of the molecule is CCCCCCc1csc(-c2sc(-c3sc(-c4sc(-c5sccc5CCCCCC)cc4CCCCCC)cc3CCCCCC)cc2CCCCCC)c1. The number of aryl methyl sites for hydroxylation is 5. The highest BCUT2D eigenvalue weighted by atomic mass is 32.1. The molecule has 0 unspecified atom stereocenters. The summed E-state index contributed by atoms with van der Waals surface area (Å²) in [4.78, 5) is 12.3. The predicted molar refractivity (Wildman–Crippen MR) is 257 cm³/mol. The van der Waals surface area contributed by atoms with E-state index in [1.165, 1.54) is 185 Å². The zero-order valence-electron chi connectivity index (χ0n) is 35.3. The fourth-order valence-electron chi connectivity index (χ4n) is 7.90. The summed E-state index contributed by atoms with van der Waals surface area (Å²) in [5, 5.41) is 4.81. The molecule has 302 valence electrons. The Morgan fingerprint density at radius 3 is 1.16 bits per heavy atom. The van der Waals surface area contributed by atoms with Crippen LogP contribution in [0.15, 0.2) is 41.1 Å². The van der Waals surface area contributed by atoms with Gasteiger partial charge in [-0.3, -0.25) is 0 Å². The van der Waals surface area contributed by atoms with Gasteiger partial charge in [-0.2, -0.15) is 0 Å². The van der Waals surface area contributed by atoms with E-state index in [9.17, 15) is 0 Å². The molecule has 5 aromatic heterocycles. The highest BCUT2D eigenvalue weighted by Gasteiger charge is 2.22. The van der Waals surface area contributed by atoms with Gasteiger partial charge in [-0.05, 0) is 133 Å². The van der Waals surface area contributed by atoms with E-state index < -0.39 is 0 Å². The van der Waals surface area contributed by atoms with Crippen LogP contribution in [0.5, 0.6) is 0 Å². The molecule has 0 N–H and O–H groups in total. The van der Waals surface area contributed by atoms with Crippen molar-refractivity contribution in [3.63, 3.8) is 0 Å². The zero-order chi connectivity index (χ0) is 38.7. The number of hydrogen-bond donors (Lipinski definition) is 0. The summed E-state index contributed by atoms with van der Waals surface area (Å²) in [5.74, 6) is 0. The monoisotopic (exact) mass is 832 g/mol. The van der Waals surface area contributed by atoms with Crippen LogP contribution in [0.3, 0.4) is 0 Å². The van der Waals surface area contributed by atoms with Crippen LogP contribution in [0.2, 0.25) is 0 Å². The zero-order valence-corrected chi connectivity index (χ0v) is 39.3. The van der Waals surface area contributed by atoms with Gasteiger partial charge in [0.2, 0.25) is 0 Å². The van der Waals surface area contributed by atoms with Crippen LogP contribution in [0.1, 0.15) is 191 Å². The Bertz CT molecular complexity index is 1770. The predicted octanol–water partition coefficient (Wildman–Crippen LogP) is 19.3. The van der Waals surface area contributed by atoms with Crippen LogP contribution in [-0.4, -0.2) is 0 Å². The van der Waals surface area contributed by atoms with Crippen molar-refractivity contribution in [1.29, 1.82) is 0 Å². The van der Waals surface area contributed by atoms with Crippen LogP contribution < -0.4 is 0 Å². The van der Waals surface area contributed by atoms with Gasteiger partial charge < -0.3 is 0 Å². The molecule has 0 saturated heterocycles. The third-order valence-electron chi connectivity index (χ3n) is 11.2. The molecule has 55 heavy (non-hydrogen) atoms. The van der Waals surface area contributed by atoms with Crippen LogP contribution in [0, 0.1) is 0 Å². The van der Waals surface area contributed by atoms with Crippen molar-refractivity contribution in [2.24, 2.45) is 0 Å². The van der Waals surface area contributed by atoms with E-state index in [-0.39, 0.29) is 0 Å². The Morgan fingerprint density at radius 2 is 0.727 bits per heavy atom. The molecule has 0 atom stereocenters. The summed E-state index contributed by atoms with van der Waals surface area (Å²) in [7, 11) is 0. The Labute approximate surface area is 357 Å². The van der Waals surface area contributed by atoms with Gasteiger partial charge in [-0.25, -0.2) is 0 Å². The standard InChI is InChI=1S/C50H72S5/c1-6-11-16-21-26-38-33-43(52-37-38)48-40(28-23-18-13-8-3)35-45(54-48)50-42(30-25-20-15-10-5)36-46(55-50)49-41(29-24-19-14-9-4)34-44(53-49)47-39(31-32-51-47)27-22-17-12-7-2/h31-37H,6-30H2,1-5H3. The van der Waals surface area contributed by atoms with Crippen LogP contribution in [-0.2, 0) is 32.1 Å². The van der Waals surface area contributed by atoms with E-state index in [4.69, 9.17) is 0 Å². The Kier molecular flexibility index (Phi) is 20.3. The van der Waals surface area contributed by atoms with Crippen LogP contribution >= 0.6 is 56.7 Å². The van der Waals surface area contributed by atoms with Crippen LogP contribution in [0.25, 0.3) is 39.0 Å². The van der Waals surface area contributed by atoms with Crippen molar-refractivity contribution in [3.05, 3.63) is 68.9 Å². The van der Waals surface area contributed by atoms with E-state index in [1.807, 2.05) is 22.7 Å². The topological polar surface area (TPSA) is 0 Å². The van der Waals surface area contributed by atoms with Gasteiger partial charge in [0.05, 0.1) is 0 Å². The first kappa shape index (κ1) is 44.6. The van der Waals surface area contributed by atoms with Crippen molar-refractivity contribution in [2.45, 2.75) is 195 Å². The second kappa shape index (κ2) is 25.1. The first-order chi connectivity index (χ1) is 27.1. The third kappa shape index (κ3) is 13.5.